The summed E-state index contributed by atoms with van der Waals surface area (Å²) in [6.07, 6.45) is 7.69. The quantitative estimate of drug-likeness (QED) is 0.702. The average molecular weight is 447 g/mol. The number of rotatable bonds is 6. The molecule has 3 aliphatic rings. The van der Waals surface area contributed by atoms with E-state index in [9.17, 15) is 14.0 Å². The highest BCUT2D eigenvalue weighted by molar-refractivity contribution is 5.80. The zero-order valence-electron chi connectivity index (χ0n) is 18.9. The smallest absolute Gasteiger partial charge is 0.260 e. The van der Waals surface area contributed by atoms with E-state index in [1.54, 1.807) is 17.0 Å². The molecule has 2 aliphatic heterocycles. The molecular weight excluding hydrogens is 411 g/mol. The SMILES string of the molecule is CN(C(=O)C1CNNC1C1CCCN(C(=O)COc2ccccc2F)C1)C1CCCCC1. The van der Waals surface area contributed by atoms with Crippen LogP contribution in [0.1, 0.15) is 44.9 Å². The predicted molar refractivity (Wildman–Crippen MR) is 119 cm³/mol. The number of amides is 2. The lowest BCUT2D eigenvalue weighted by Crippen LogP contribution is -2.52. The Morgan fingerprint density at radius 1 is 1.16 bits per heavy atom. The molecule has 3 unspecified atom stereocenters. The van der Waals surface area contributed by atoms with Gasteiger partial charge >= 0.3 is 0 Å². The maximum Gasteiger partial charge on any atom is 0.260 e. The van der Waals surface area contributed by atoms with E-state index in [4.69, 9.17) is 4.74 Å². The average Bonchev–Trinajstić information content (AvgIpc) is 3.33. The number of nitrogens with zero attached hydrogens (tertiary/aromatic N) is 2. The third-order valence-corrected chi connectivity index (χ3v) is 7.32. The fourth-order valence-corrected chi connectivity index (χ4v) is 5.43. The van der Waals surface area contributed by atoms with Gasteiger partial charge < -0.3 is 14.5 Å². The molecule has 4 rings (SSSR count). The van der Waals surface area contributed by atoms with E-state index < -0.39 is 5.82 Å². The third-order valence-electron chi connectivity index (χ3n) is 7.32. The van der Waals surface area contributed by atoms with E-state index in [0.29, 0.717) is 25.7 Å². The molecule has 8 heteroatoms. The molecule has 176 valence electrons. The highest BCUT2D eigenvalue weighted by Gasteiger charge is 2.42. The van der Waals surface area contributed by atoms with Crippen molar-refractivity contribution in [2.75, 3.05) is 33.3 Å². The van der Waals surface area contributed by atoms with Crippen LogP contribution in [-0.2, 0) is 9.59 Å². The molecular formula is C24H35FN4O3. The number of carbonyl (C=O) groups excluding carboxylic acids is 2. The van der Waals surface area contributed by atoms with Gasteiger partial charge in [0.15, 0.2) is 18.2 Å². The molecule has 3 atom stereocenters. The Morgan fingerprint density at radius 3 is 2.72 bits per heavy atom. The van der Waals surface area contributed by atoms with Gasteiger partial charge in [-0.1, -0.05) is 31.4 Å². The summed E-state index contributed by atoms with van der Waals surface area (Å²) in [5.74, 6) is -0.271. The molecule has 1 aromatic rings. The summed E-state index contributed by atoms with van der Waals surface area (Å²) in [5.41, 5.74) is 6.51. The number of halogens is 1. The fraction of sp³-hybridized carbons (Fsp3) is 0.667. The molecule has 1 aliphatic carbocycles. The number of piperidine rings is 1. The first kappa shape index (κ1) is 23.0. The normalized spacial score (nSPS) is 26.7. The van der Waals surface area contributed by atoms with Crippen LogP contribution in [0.3, 0.4) is 0 Å². The molecule has 2 saturated heterocycles. The van der Waals surface area contributed by atoms with Gasteiger partial charge in [0, 0.05) is 38.8 Å². The van der Waals surface area contributed by atoms with Crippen LogP contribution in [0.25, 0.3) is 0 Å². The van der Waals surface area contributed by atoms with Gasteiger partial charge in [-0.2, -0.15) is 0 Å². The van der Waals surface area contributed by atoms with Crippen molar-refractivity contribution in [1.29, 1.82) is 0 Å². The summed E-state index contributed by atoms with van der Waals surface area (Å²) in [6, 6.07) is 6.45. The Kier molecular flexibility index (Phi) is 7.63. The van der Waals surface area contributed by atoms with Crippen LogP contribution < -0.4 is 15.6 Å². The molecule has 3 fully saturated rings. The second-order valence-electron chi connectivity index (χ2n) is 9.36. The van der Waals surface area contributed by atoms with Gasteiger partial charge in [-0.05, 0) is 43.7 Å². The van der Waals surface area contributed by atoms with E-state index in [1.165, 1.54) is 31.4 Å². The highest BCUT2D eigenvalue weighted by Crippen LogP contribution is 2.29. The topological polar surface area (TPSA) is 73.9 Å². The molecule has 1 aromatic carbocycles. The van der Waals surface area contributed by atoms with Gasteiger partial charge in [-0.15, -0.1) is 0 Å². The third kappa shape index (κ3) is 5.23. The number of ether oxygens (including phenoxy) is 1. The Hall–Kier alpha value is -2.19. The van der Waals surface area contributed by atoms with Crippen molar-refractivity contribution < 1.29 is 18.7 Å². The molecule has 7 nitrogen and oxygen atoms in total. The number of benzene rings is 1. The number of carbonyl (C=O) groups is 2. The monoisotopic (exact) mass is 446 g/mol. The predicted octanol–water partition coefficient (Wildman–Crippen LogP) is 2.33. The number of hydrogen-bond acceptors (Lipinski definition) is 5. The summed E-state index contributed by atoms with van der Waals surface area (Å²) < 4.78 is 19.2. The van der Waals surface area contributed by atoms with Gasteiger partial charge in [0.05, 0.1) is 5.92 Å². The lowest BCUT2D eigenvalue weighted by atomic mass is 9.83. The van der Waals surface area contributed by atoms with E-state index in [2.05, 4.69) is 10.9 Å². The van der Waals surface area contributed by atoms with E-state index >= 15 is 0 Å². The molecule has 0 spiro atoms. The van der Waals surface area contributed by atoms with Crippen molar-refractivity contribution >= 4 is 11.8 Å². The molecule has 0 bridgehead atoms. The zero-order chi connectivity index (χ0) is 22.5. The second kappa shape index (κ2) is 10.6. The number of likely N-dealkylation sites (tertiary alicyclic amines) is 1. The van der Waals surface area contributed by atoms with Crippen LogP contribution >= 0.6 is 0 Å². The zero-order valence-corrected chi connectivity index (χ0v) is 18.9. The van der Waals surface area contributed by atoms with Gasteiger partial charge in [-0.3, -0.25) is 20.4 Å². The Balaban J connectivity index is 1.34. The van der Waals surface area contributed by atoms with Gasteiger partial charge in [0.1, 0.15) is 0 Å². The van der Waals surface area contributed by atoms with E-state index in [-0.39, 0.29) is 42.0 Å². The highest BCUT2D eigenvalue weighted by atomic mass is 19.1. The van der Waals surface area contributed by atoms with E-state index in [0.717, 1.165) is 25.7 Å². The van der Waals surface area contributed by atoms with Crippen molar-refractivity contribution in [2.24, 2.45) is 11.8 Å². The summed E-state index contributed by atoms with van der Waals surface area (Å²) in [4.78, 5) is 29.8. The first-order chi connectivity index (χ1) is 15.5. The molecule has 2 N–H and O–H groups in total. The van der Waals surface area contributed by atoms with Crippen LogP contribution in [0.5, 0.6) is 5.75 Å². The molecule has 0 aromatic heterocycles. The summed E-state index contributed by atoms with van der Waals surface area (Å²) in [5, 5.41) is 0. The van der Waals surface area contributed by atoms with Crippen molar-refractivity contribution in [3.8, 4) is 5.75 Å². The van der Waals surface area contributed by atoms with Crippen LogP contribution in [0.4, 0.5) is 4.39 Å². The Labute approximate surface area is 189 Å². The first-order valence-corrected chi connectivity index (χ1v) is 11.9. The summed E-state index contributed by atoms with van der Waals surface area (Å²) >= 11 is 0. The molecule has 0 radical (unpaired) electrons. The van der Waals surface area contributed by atoms with Crippen molar-refractivity contribution in [3.63, 3.8) is 0 Å². The van der Waals surface area contributed by atoms with Crippen LogP contribution in [0.15, 0.2) is 24.3 Å². The maximum absolute atomic E-state index is 13.8. The Morgan fingerprint density at radius 2 is 1.94 bits per heavy atom. The minimum absolute atomic E-state index is 0.00312. The van der Waals surface area contributed by atoms with Crippen LogP contribution in [0.2, 0.25) is 0 Å². The van der Waals surface area contributed by atoms with Gasteiger partial charge in [0.2, 0.25) is 5.91 Å². The van der Waals surface area contributed by atoms with Crippen molar-refractivity contribution in [1.82, 2.24) is 20.7 Å². The van der Waals surface area contributed by atoms with Crippen molar-refractivity contribution in [3.05, 3.63) is 30.1 Å². The minimum atomic E-state index is -0.471. The Bertz CT molecular complexity index is 801. The number of nitrogens with one attached hydrogen (secondary N) is 2. The van der Waals surface area contributed by atoms with E-state index in [1.807, 2.05) is 11.9 Å². The molecule has 32 heavy (non-hydrogen) atoms. The van der Waals surface area contributed by atoms with Crippen molar-refractivity contribution in [2.45, 2.75) is 57.0 Å². The minimum Gasteiger partial charge on any atom is -0.481 e. The second-order valence-corrected chi connectivity index (χ2v) is 9.36. The first-order valence-electron chi connectivity index (χ1n) is 11.9. The standard InChI is InChI=1S/C24H35FN4O3/c1-28(18-9-3-2-4-10-18)24(31)19-14-26-27-23(19)17-8-7-13-29(15-17)22(30)16-32-21-12-6-5-11-20(21)25/h5-6,11-12,17-19,23,26-27H,2-4,7-10,13-16H2,1H3. The lowest BCUT2D eigenvalue weighted by molar-refractivity contribution is -0.138. The summed E-state index contributed by atoms with van der Waals surface area (Å²) in [6.45, 7) is 1.67. The molecule has 2 amide bonds. The van der Waals surface area contributed by atoms with Gasteiger partial charge in [-0.25, -0.2) is 4.39 Å². The largest absolute Gasteiger partial charge is 0.481 e. The number of hydrogen-bond donors (Lipinski definition) is 2. The van der Waals surface area contributed by atoms with Crippen LogP contribution in [0, 0.1) is 17.7 Å². The van der Waals surface area contributed by atoms with Gasteiger partial charge in [0.25, 0.3) is 5.91 Å². The lowest BCUT2D eigenvalue weighted by Gasteiger charge is -2.39. The number of hydrazine groups is 1. The molecule has 1 saturated carbocycles. The number of para-hydroxylation sites is 1. The fourth-order valence-electron chi connectivity index (χ4n) is 5.43. The molecule has 2 heterocycles. The maximum atomic E-state index is 13.8. The van der Waals surface area contributed by atoms with Crippen LogP contribution in [-0.4, -0.2) is 67.0 Å². The summed E-state index contributed by atoms with van der Waals surface area (Å²) in [7, 11) is 1.95.